The third-order valence-corrected chi connectivity index (χ3v) is 7.45. The van der Waals surface area contributed by atoms with Gasteiger partial charge in [-0.2, -0.15) is 5.10 Å². The van der Waals surface area contributed by atoms with Crippen LogP contribution in [0.5, 0.6) is 5.75 Å². The second-order valence-electron chi connectivity index (χ2n) is 10.00. The number of carbonyl (C=O) groups is 2. The fourth-order valence-corrected chi connectivity index (χ4v) is 5.39. The summed E-state index contributed by atoms with van der Waals surface area (Å²) in [5.74, 6) is 0.959. The molecule has 4 aromatic rings. The Morgan fingerprint density at radius 3 is 2.68 bits per heavy atom. The van der Waals surface area contributed by atoms with Crippen LogP contribution < -0.4 is 10.1 Å². The zero-order valence-corrected chi connectivity index (χ0v) is 21.6. The number of hydrogen-bond donors (Lipinski definition) is 1. The molecule has 1 saturated heterocycles. The van der Waals surface area contributed by atoms with Crippen molar-refractivity contribution in [2.75, 3.05) is 20.2 Å². The van der Waals surface area contributed by atoms with Crippen molar-refractivity contribution in [1.29, 1.82) is 0 Å². The van der Waals surface area contributed by atoms with Gasteiger partial charge < -0.3 is 15.0 Å². The summed E-state index contributed by atoms with van der Waals surface area (Å²) in [4.78, 5) is 37.1. The number of methoxy groups -OCH3 is 1. The first-order chi connectivity index (χ1) is 18.4. The number of pyridine rings is 2. The van der Waals surface area contributed by atoms with Gasteiger partial charge >= 0.3 is 0 Å². The fraction of sp³-hybridized carbons (Fsp3) is 0.276. The number of nitrogens with zero attached hydrogens (tertiary/aromatic N) is 5. The van der Waals surface area contributed by atoms with Gasteiger partial charge in [0.15, 0.2) is 11.5 Å². The van der Waals surface area contributed by atoms with Crippen molar-refractivity contribution in [2.24, 2.45) is 0 Å². The van der Waals surface area contributed by atoms with Gasteiger partial charge in [0.25, 0.3) is 5.91 Å². The van der Waals surface area contributed by atoms with E-state index in [4.69, 9.17) is 9.84 Å². The monoisotopic (exact) mass is 508 g/mol. The predicted molar refractivity (Wildman–Crippen MR) is 142 cm³/mol. The lowest BCUT2D eigenvalue weighted by molar-refractivity contribution is -0.133. The quantitative estimate of drug-likeness (QED) is 0.453. The van der Waals surface area contributed by atoms with Gasteiger partial charge in [-0.25, -0.2) is 9.67 Å². The molecule has 0 saturated carbocycles. The van der Waals surface area contributed by atoms with Crippen LogP contribution in [0.3, 0.4) is 0 Å². The molecule has 4 heterocycles. The minimum Gasteiger partial charge on any atom is -0.496 e. The summed E-state index contributed by atoms with van der Waals surface area (Å²) in [7, 11) is 1.67. The van der Waals surface area contributed by atoms with Gasteiger partial charge in [-0.05, 0) is 62.6 Å². The topological polar surface area (TPSA) is 102 Å². The van der Waals surface area contributed by atoms with Crippen LogP contribution in [0.15, 0.2) is 61.1 Å². The molecule has 2 aliphatic rings. The summed E-state index contributed by atoms with van der Waals surface area (Å²) >= 11 is 0. The molecule has 6 rings (SSSR count). The van der Waals surface area contributed by atoms with Gasteiger partial charge in [-0.3, -0.25) is 14.6 Å². The summed E-state index contributed by atoms with van der Waals surface area (Å²) in [6, 6.07) is 13.7. The van der Waals surface area contributed by atoms with Crippen LogP contribution in [0.4, 0.5) is 0 Å². The second kappa shape index (κ2) is 9.09. The van der Waals surface area contributed by atoms with Crippen molar-refractivity contribution in [3.05, 3.63) is 77.9 Å². The molecular formula is C29H28N6O3. The third kappa shape index (κ3) is 3.73. The Morgan fingerprint density at radius 1 is 1.08 bits per heavy atom. The van der Waals surface area contributed by atoms with Crippen LogP contribution in [0.25, 0.3) is 28.2 Å². The molecular weight excluding hydrogens is 480 g/mol. The van der Waals surface area contributed by atoms with Crippen LogP contribution in [0, 0.1) is 0 Å². The molecule has 1 N–H and O–H groups in total. The molecule has 0 spiro atoms. The Morgan fingerprint density at radius 2 is 1.95 bits per heavy atom. The summed E-state index contributed by atoms with van der Waals surface area (Å²) in [5.41, 5.74) is 4.98. The molecule has 1 aliphatic carbocycles. The lowest BCUT2D eigenvalue weighted by atomic mass is 9.86. The van der Waals surface area contributed by atoms with Gasteiger partial charge in [-0.1, -0.05) is 12.1 Å². The maximum absolute atomic E-state index is 14.0. The van der Waals surface area contributed by atoms with Crippen LogP contribution in [0.1, 0.15) is 35.5 Å². The number of hydrogen-bond acceptors (Lipinski definition) is 6. The van der Waals surface area contributed by atoms with Crippen molar-refractivity contribution >= 4 is 11.8 Å². The normalized spacial score (nSPS) is 15.9. The Balaban J connectivity index is 1.57. The number of nitrogens with one attached hydrogen (secondary N) is 1. The average Bonchev–Trinajstić information content (AvgIpc) is 3.34. The van der Waals surface area contributed by atoms with E-state index in [9.17, 15) is 9.59 Å². The highest BCUT2D eigenvalue weighted by atomic mass is 16.5. The zero-order valence-electron chi connectivity index (χ0n) is 21.6. The van der Waals surface area contributed by atoms with E-state index in [0.717, 1.165) is 45.7 Å². The predicted octanol–water partition coefficient (Wildman–Crippen LogP) is 3.45. The molecule has 3 aromatic heterocycles. The number of fused-ring (bicyclic) bond motifs is 3. The molecule has 2 amide bonds. The van der Waals surface area contributed by atoms with E-state index in [-0.39, 0.29) is 11.8 Å². The van der Waals surface area contributed by atoms with Gasteiger partial charge in [0.2, 0.25) is 5.91 Å². The van der Waals surface area contributed by atoms with Crippen molar-refractivity contribution in [2.45, 2.75) is 32.2 Å². The van der Waals surface area contributed by atoms with E-state index < -0.39 is 5.54 Å². The maximum Gasteiger partial charge on any atom is 0.275 e. The summed E-state index contributed by atoms with van der Waals surface area (Å²) < 4.78 is 7.52. The van der Waals surface area contributed by atoms with Crippen molar-refractivity contribution < 1.29 is 14.3 Å². The van der Waals surface area contributed by atoms with Gasteiger partial charge in [0, 0.05) is 53.9 Å². The molecule has 0 radical (unpaired) electrons. The zero-order chi connectivity index (χ0) is 26.4. The van der Waals surface area contributed by atoms with Crippen LogP contribution in [-0.4, -0.2) is 62.2 Å². The van der Waals surface area contributed by atoms with E-state index in [1.807, 2.05) is 36.5 Å². The van der Waals surface area contributed by atoms with Gasteiger partial charge in [-0.15, -0.1) is 0 Å². The van der Waals surface area contributed by atoms with E-state index in [0.29, 0.717) is 31.0 Å². The Labute approximate surface area is 220 Å². The molecule has 0 unspecified atom stereocenters. The Bertz CT molecular complexity index is 1550. The van der Waals surface area contributed by atoms with Gasteiger partial charge in [0.1, 0.15) is 11.3 Å². The third-order valence-electron chi connectivity index (χ3n) is 7.45. The largest absolute Gasteiger partial charge is 0.496 e. The van der Waals surface area contributed by atoms with E-state index in [1.165, 1.54) is 0 Å². The maximum atomic E-state index is 14.0. The number of aromatic nitrogens is 4. The summed E-state index contributed by atoms with van der Waals surface area (Å²) in [6.07, 6.45) is 6.61. The highest BCUT2D eigenvalue weighted by Crippen LogP contribution is 2.43. The molecule has 38 heavy (non-hydrogen) atoms. The van der Waals surface area contributed by atoms with Gasteiger partial charge in [0.05, 0.1) is 12.8 Å². The average molecular weight is 509 g/mol. The number of amides is 2. The first kappa shape index (κ1) is 23.8. The highest BCUT2D eigenvalue weighted by molar-refractivity contribution is 6.01. The van der Waals surface area contributed by atoms with E-state index in [1.54, 1.807) is 42.9 Å². The molecule has 192 valence electrons. The first-order valence-electron chi connectivity index (χ1n) is 12.7. The minimum absolute atomic E-state index is 0.173. The number of aryl methyl sites for hydroxylation is 1. The van der Waals surface area contributed by atoms with Crippen molar-refractivity contribution in [1.82, 2.24) is 30.0 Å². The van der Waals surface area contributed by atoms with Crippen LogP contribution in [0.2, 0.25) is 0 Å². The minimum atomic E-state index is -0.982. The van der Waals surface area contributed by atoms with E-state index >= 15 is 0 Å². The molecule has 1 aromatic carbocycles. The van der Waals surface area contributed by atoms with Crippen LogP contribution >= 0.6 is 0 Å². The van der Waals surface area contributed by atoms with Crippen LogP contribution in [-0.2, 0) is 17.6 Å². The molecule has 1 aliphatic heterocycles. The SMILES string of the molecule is COc1cc2c(cc1-c1cccnc1)-c1c(c(C(=O)N3CCNC(=O)C3(C)C)nn1-c1ccccn1)CC2. The molecule has 1 fully saturated rings. The lowest BCUT2D eigenvalue weighted by Gasteiger charge is -2.40. The summed E-state index contributed by atoms with van der Waals surface area (Å²) in [6.45, 7) is 4.36. The Hall–Kier alpha value is -4.53. The number of carbonyl (C=O) groups excluding carboxylic acids is 2. The van der Waals surface area contributed by atoms with Crippen molar-refractivity contribution in [3.63, 3.8) is 0 Å². The smallest absolute Gasteiger partial charge is 0.275 e. The number of piperazine rings is 1. The summed E-state index contributed by atoms with van der Waals surface area (Å²) in [5, 5.41) is 7.72. The highest BCUT2D eigenvalue weighted by Gasteiger charge is 2.43. The fourth-order valence-electron chi connectivity index (χ4n) is 5.39. The number of benzene rings is 1. The molecule has 9 heteroatoms. The first-order valence-corrected chi connectivity index (χ1v) is 12.7. The number of ether oxygens (including phenoxy) is 1. The van der Waals surface area contributed by atoms with Crippen molar-refractivity contribution in [3.8, 4) is 34.0 Å². The molecule has 0 bridgehead atoms. The Kier molecular flexibility index (Phi) is 5.71. The standard InChI is InChI=1S/C29H28N6O3/c1-29(2)28(37)32-13-14-34(29)27(36)25-20-10-9-18-15-23(38-3)21(19-7-6-11-30-17-19)16-22(18)26(20)35(33-25)24-8-4-5-12-31-24/h4-8,11-12,15-17H,9-10,13-14H2,1-3H3,(H,32,37). The lowest BCUT2D eigenvalue weighted by Crippen LogP contribution is -2.63. The molecule has 0 atom stereocenters. The number of rotatable bonds is 4. The van der Waals surface area contributed by atoms with E-state index in [2.05, 4.69) is 27.4 Å². The molecule has 9 nitrogen and oxygen atoms in total. The second-order valence-corrected chi connectivity index (χ2v) is 10.00.